The molecule has 2 atom stereocenters. The number of hydrogen-bond donors (Lipinski definition) is 2. The van der Waals surface area contributed by atoms with Gasteiger partial charge in [0.2, 0.25) is 0 Å². The molecule has 0 amide bonds. The molecule has 1 aliphatic heterocycles. The van der Waals surface area contributed by atoms with Crippen LogP contribution in [0.2, 0.25) is 0 Å². The highest BCUT2D eigenvalue weighted by Gasteiger charge is 2.33. The Bertz CT molecular complexity index is 506. The zero-order chi connectivity index (χ0) is 14.7. The average molecular weight is 344 g/mol. The van der Waals surface area contributed by atoms with E-state index in [-0.39, 0.29) is 12.0 Å². The zero-order valence-corrected chi connectivity index (χ0v) is 13.1. The second kappa shape index (κ2) is 6.45. The number of carboxylic acid groups (broad SMARTS) is 1. The first-order valence-electron chi connectivity index (χ1n) is 6.53. The highest BCUT2D eigenvalue weighted by atomic mass is 79.9. The average Bonchev–Trinajstić information content (AvgIpc) is 2.89. The maximum absolute atomic E-state index is 11.1. The Morgan fingerprint density at radius 2 is 2.30 bits per heavy atom. The summed E-state index contributed by atoms with van der Waals surface area (Å²) in [5.41, 5.74) is 0.926. The lowest BCUT2D eigenvalue weighted by Crippen LogP contribution is -2.18. The number of ether oxygens (including phenoxy) is 2. The molecule has 0 spiro atoms. The number of methoxy groups -OCH3 is 1. The summed E-state index contributed by atoms with van der Waals surface area (Å²) in [6, 6.07) is 3.68. The van der Waals surface area contributed by atoms with Crippen LogP contribution in [0.5, 0.6) is 11.5 Å². The highest BCUT2D eigenvalue weighted by molar-refractivity contribution is 9.10. The molecule has 0 aromatic heterocycles. The first-order chi connectivity index (χ1) is 9.58. The summed E-state index contributed by atoms with van der Waals surface area (Å²) in [5.74, 6) is 0.197. The van der Waals surface area contributed by atoms with E-state index in [1.807, 2.05) is 19.1 Å². The number of rotatable bonds is 5. The highest BCUT2D eigenvalue weighted by Crippen LogP contribution is 2.43. The van der Waals surface area contributed by atoms with E-state index in [9.17, 15) is 4.79 Å². The van der Waals surface area contributed by atoms with Crippen molar-refractivity contribution in [2.45, 2.75) is 19.4 Å². The first kappa shape index (κ1) is 15.1. The Morgan fingerprint density at radius 1 is 1.55 bits per heavy atom. The molecule has 5 nitrogen and oxygen atoms in total. The van der Waals surface area contributed by atoms with Gasteiger partial charge in [-0.3, -0.25) is 4.79 Å². The summed E-state index contributed by atoms with van der Waals surface area (Å²) < 4.78 is 11.9. The van der Waals surface area contributed by atoms with Gasteiger partial charge in [0, 0.05) is 22.6 Å². The fraction of sp³-hybridized carbons (Fsp3) is 0.500. The number of hydrogen-bond acceptors (Lipinski definition) is 4. The van der Waals surface area contributed by atoms with Gasteiger partial charge in [-0.1, -0.05) is 15.9 Å². The van der Waals surface area contributed by atoms with Crippen LogP contribution in [0, 0.1) is 5.92 Å². The topological polar surface area (TPSA) is 67.8 Å². The molecule has 1 fully saturated rings. The van der Waals surface area contributed by atoms with Crippen LogP contribution in [-0.2, 0) is 4.79 Å². The van der Waals surface area contributed by atoms with Gasteiger partial charge in [-0.15, -0.1) is 0 Å². The van der Waals surface area contributed by atoms with Crippen LogP contribution in [0.25, 0.3) is 0 Å². The predicted molar refractivity (Wildman–Crippen MR) is 78.3 cm³/mol. The molecule has 2 rings (SSSR count). The van der Waals surface area contributed by atoms with E-state index >= 15 is 0 Å². The molecule has 1 aromatic carbocycles. The van der Waals surface area contributed by atoms with E-state index in [1.165, 1.54) is 0 Å². The quantitative estimate of drug-likeness (QED) is 0.859. The molecule has 0 bridgehead atoms. The van der Waals surface area contributed by atoms with Gasteiger partial charge >= 0.3 is 5.97 Å². The predicted octanol–water partition coefficient (Wildman–Crippen LogP) is 2.59. The van der Waals surface area contributed by atoms with E-state index < -0.39 is 5.97 Å². The third kappa shape index (κ3) is 2.91. The van der Waals surface area contributed by atoms with E-state index in [1.54, 1.807) is 7.11 Å². The minimum Gasteiger partial charge on any atom is -0.493 e. The molecular formula is C14H18BrNO4. The van der Waals surface area contributed by atoms with Crippen molar-refractivity contribution in [3.8, 4) is 11.5 Å². The second-order valence-corrected chi connectivity index (χ2v) is 5.51. The number of aliphatic carboxylic acids is 1. The fourth-order valence-corrected chi connectivity index (χ4v) is 3.07. The lowest BCUT2D eigenvalue weighted by Gasteiger charge is -2.20. The van der Waals surface area contributed by atoms with Crippen molar-refractivity contribution in [1.82, 2.24) is 5.32 Å². The van der Waals surface area contributed by atoms with Gasteiger partial charge in [0.05, 0.1) is 19.6 Å². The summed E-state index contributed by atoms with van der Waals surface area (Å²) in [6.07, 6.45) is 0.543. The van der Waals surface area contributed by atoms with Crippen molar-refractivity contribution in [3.63, 3.8) is 0 Å². The SMILES string of the molecule is CCOc1c(OC)ccc(Br)c1C1CC(C(=O)O)CN1. The Morgan fingerprint density at radius 3 is 2.85 bits per heavy atom. The van der Waals surface area contributed by atoms with Crippen LogP contribution in [0.15, 0.2) is 16.6 Å². The monoisotopic (exact) mass is 343 g/mol. The summed E-state index contributed by atoms with van der Waals surface area (Å²) >= 11 is 3.52. The summed E-state index contributed by atoms with van der Waals surface area (Å²) in [5, 5.41) is 12.4. The van der Waals surface area contributed by atoms with Crippen LogP contribution in [0.1, 0.15) is 24.9 Å². The number of carbonyl (C=O) groups is 1. The Labute approximate surface area is 126 Å². The molecule has 1 aromatic rings. The molecule has 2 N–H and O–H groups in total. The number of nitrogens with one attached hydrogen (secondary N) is 1. The van der Waals surface area contributed by atoms with Gasteiger partial charge in [0.1, 0.15) is 0 Å². The van der Waals surface area contributed by atoms with Crippen molar-refractivity contribution in [3.05, 3.63) is 22.2 Å². The summed E-state index contributed by atoms with van der Waals surface area (Å²) in [4.78, 5) is 11.1. The second-order valence-electron chi connectivity index (χ2n) is 4.66. The van der Waals surface area contributed by atoms with E-state index in [0.717, 1.165) is 10.0 Å². The van der Waals surface area contributed by atoms with Crippen molar-refractivity contribution in [1.29, 1.82) is 0 Å². The molecule has 1 heterocycles. The molecule has 6 heteroatoms. The smallest absolute Gasteiger partial charge is 0.307 e. The lowest BCUT2D eigenvalue weighted by molar-refractivity contribution is -0.141. The maximum atomic E-state index is 11.1. The van der Waals surface area contributed by atoms with Crippen LogP contribution in [0.3, 0.4) is 0 Å². The van der Waals surface area contributed by atoms with Gasteiger partial charge in [0.15, 0.2) is 11.5 Å². The van der Waals surface area contributed by atoms with Crippen molar-refractivity contribution >= 4 is 21.9 Å². The van der Waals surface area contributed by atoms with Crippen LogP contribution in [-0.4, -0.2) is 31.3 Å². The van der Waals surface area contributed by atoms with Crippen LogP contribution in [0.4, 0.5) is 0 Å². The van der Waals surface area contributed by atoms with Gasteiger partial charge in [-0.25, -0.2) is 0 Å². The zero-order valence-electron chi connectivity index (χ0n) is 11.5. The van der Waals surface area contributed by atoms with Gasteiger partial charge in [0.25, 0.3) is 0 Å². The Hall–Kier alpha value is -1.27. The standard InChI is InChI=1S/C14H18BrNO4/c1-3-20-13-11(19-2)5-4-9(15)12(13)10-6-8(7-16-10)14(17)18/h4-5,8,10,16H,3,6-7H2,1-2H3,(H,17,18). The largest absolute Gasteiger partial charge is 0.493 e. The molecule has 0 saturated carbocycles. The Balaban J connectivity index is 2.37. The normalized spacial score (nSPS) is 21.8. The minimum absolute atomic E-state index is 0.0536. The minimum atomic E-state index is -0.767. The molecule has 2 unspecified atom stereocenters. The number of carboxylic acids is 1. The first-order valence-corrected chi connectivity index (χ1v) is 7.33. The van der Waals surface area contributed by atoms with E-state index in [0.29, 0.717) is 31.1 Å². The number of halogens is 1. The lowest BCUT2D eigenvalue weighted by atomic mass is 9.99. The van der Waals surface area contributed by atoms with Gasteiger partial charge < -0.3 is 19.9 Å². The van der Waals surface area contributed by atoms with Crippen LogP contribution >= 0.6 is 15.9 Å². The van der Waals surface area contributed by atoms with Gasteiger partial charge in [-0.2, -0.15) is 0 Å². The number of benzene rings is 1. The van der Waals surface area contributed by atoms with Crippen molar-refractivity contribution in [2.75, 3.05) is 20.3 Å². The fourth-order valence-electron chi connectivity index (χ4n) is 2.48. The van der Waals surface area contributed by atoms with Crippen molar-refractivity contribution in [2.24, 2.45) is 5.92 Å². The van der Waals surface area contributed by atoms with Crippen molar-refractivity contribution < 1.29 is 19.4 Å². The van der Waals surface area contributed by atoms with E-state index in [2.05, 4.69) is 21.2 Å². The third-order valence-corrected chi connectivity index (χ3v) is 4.14. The third-order valence-electron chi connectivity index (χ3n) is 3.44. The van der Waals surface area contributed by atoms with Gasteiger partial charge in [-0.05, 0) is 25.5 Å². The molecule has 20 heavy (non-hydrogen) atoms. The maximum Gasteiger partial charge on any atom is 0.307 e. The molecule has 110 valence electrons. The summed E-state index contributed by atoms with van der Waals surface area (Å²) in [7, 11) is 1.59. The molecule has 1 saturated heterocycles. The molecule has 0 aliphatic carbocycles. The molecular weight excluding hydrogens is 326 g/mol. The molecule has 1 aliphatic rings. The van der Waals surface area contributed by atoms with Crippen LogP contribution < -0.4 is 14.8 Å². The van der Waals surface area contributed by atoms with E-state index in [4.69, 9.17) is 14.6 Å². The molecule has 0 radical (unpaired) electrons. The summed E-state index contributed by atoms with van der Waals surface area (Å²) in [6.45, 7) is 2.90. The Kier molecular flexibility index (Phi) is 4.88.